The molecular weight excluding hydrogens is 414 g/mol. The van der Waals surface area contributed by atoms with Crippen molar-refractivity contribution in [2.24, 2.45) is 0 Å². The molecule has 2 aromatic rings. The van der Waals surface area contributed by atoms with Crippen LogP contribution < -0.4 is 5.32 Å². The highest BCUT2D eigenvalue weighted by molar-refractivity contribution is 7.18. The molecule has 0 atom stereocenters. The summed E-state index contributed by atoms with van der Waals surface area (Å²) in [6, 6.07) is 0. The number of thiophene rings is 1. The summed E-state index contributed by atoms with van der Waals surface area (Å²) in [5.74, 6) is -2.12. The number of esters is 2. The molecule has 2 rings (SSSR count). The number of nitrogens with one attached hydrogen (secondary N) is 1. The maximum Gasteiger partial charge on any atom is 0.344 e. The van der Waals surface area contributed by atoms with Crippen LogP contribution in [-0.4, -0.2) is 61.1 Å². The molecule has 1 N–H and O–H groups in total. The molecule has 30 heavy (non-hydrogen) atoms. The largest absolute Gasteiger partial charge is 0.462 e. The van der Waals surface area contributed by atoms with Gasteiger partial charge in [-0.05, 0) is 33.3 Å². The molecule has 162 valence electrons. The van der Waals surface area contributed by atoms with Crippen LogP contribution in [0.25, 0.3) is 0 Å². The number of rotatable bonds is 7. The highest BCUT2D eigenvalue weighted by atomic mass is 32.1. The average molecular weight is 437 g/mol. The van der Waals surface area contributed by atoms with Gasteiger partial charge in [-0.2, -0.15) is 0 Å². The van der Waals surface area contributed by atoms with Gasteiger partial charge in [0.25, 0.3) is 11.8 Å². The topological polar surface area (TPSA) is 128 Å². The number of hydrogen-bond acceptors (Lipinski definition) is 9. The molecule has 0 aromatic carbocycles. The van der Waals surface area contributed by atoms with Crippen LogP contribution in [0.4, 0.5) is 5.00 Å². The quantitative estimate of drug-likeness (QED) is 0.654. The zero-order chi connectivity index (χ0) is 22.6. The molecule has 2 aromatic heterocycles. The van der Waals surface area contributed by atoms with Crippen molar-refractivity contribution in [3.63, 3.8) is 0 Å². The second kappa shape index (κ2) is 9.53. The second-order valence-corrected chi connectivity index (χ2v) is 7.52. The smallest absolute Gasteiger partial charge is 0.344 e. The first-order chi connectivity index (χ1) is 14.1. The monoisotopic (exact) mass is 437 g/mol. The van der Waals surface area contributed by atoms with Crippen LogP contribution in [0.2, 0.25) is 0 Å². The van der Waals surface area contributed by atoms with Crippen LogP contribution in [0.3, 0.4) is 0 Å². The van der Waals surface area contributed by atoms with Crippen LogP contribution in [0, 0.1) is 20.8 Å². The Labute approximate surface area is 177 Å². The van der Waals surface area contributed by atoms with Crippen LogP contribution in [0.1, 0.15) is 54.3 Å². The number of ether oxygens (including phenoxy) is 2. The number of carbonyl (C=O) groups excluding carboxylic acids is 4. The van der Waals surface area contributed by atoms with Gasteiger partial charge >= 0.3 is 11.9 Å². The molecule has 0 aliphatic rings. The zero-order valence-electron chi connectivity index (χ0n) is 17.6. The SMILES string of the molecule is CCOC(=O)c1c(NC(=O)COC(=O)c2c(C)noc2C)sc(C(=O)N(C)C)c1C. The van der Waals surface area contributed by atoms with E-state index < -0.39 is 24.5 Å². The summed E-state index contributed by atoms with van der Waals surface area (Å²) in [5.41, 5.74) is 1.00. The van der Waals surface area contributed by atoms with Crippen molar-refractivity contribution in [1.82, 2.24) is 10.1 Å². The first-order valence-electron chi connectivity index (χ1n) is 9.00. The van der Waals surface area contributed by atoms with E-state index in [1.165, 1.54) is 4.90 Å². The summed E-state index contributed by atoms with van der Waals surface area (Å²) >= 11 is 0.953. The highest BCUT2D eigenvalue weighted by Gasteiger charge is 2.28. The Morgan fingerprint density at radius 2 is 1.70 bits per heavy atom. The van der Waals surface area contributed by atoms with Gasteiger partial charge in [0.05, 0.1) is 22.7 Å². The molecule has 2 heterocycles. The summed E-state index contributed by atoms with van der Waals surface area (Å²) in [4.78, 5) is 50.9. The standard InChI is InChI=1S/C19H23N3O7S/c1-7-27-18(25)13-9(2)15(17(24)22(5)6)30-16(13)20-12(23)8-28-19(26)14-10(3)21-29-11(14)4/h7-8H2,1-6H3,(H,20,23). The second-order valence-electron chi connectivity index (χ2n) is 6.50. The van der Waals surface area contributed by atoms with Crippen molar-refractivity contribution in [2.75, 3.05) is 32.6 Å². The van der Waals surface area contributed by atoms with Crippen LogP contribution in [0.5, 0.6) is 0 Å². The minimum atomic E-state index is -0.752. The Morgan fingerprint density at radius 3 is 2.23 bits per heavy atom. The third-order valence-corrected chi connectivity index (χ3v) is 5.25. The number of aryl methyl sites for hydroxylation is 2. The minimum Gasteiger partial charge on any atom is -0.462 e. The van der Waals surface area contributed by atoms with Gasteiger partial charge in [-0.3, -0.25) is 9.59 Å². The van der Waals surface area contributed by atoms with Crippen LogP contribution in [-0.2, 0) is 14.3 Å². The third kappa shape index (κ3) is 4.85. The van der Waals surface area contributed by atoms with Gasteiger partial charge < -0.3 is 24.2 Å². The predicted octanol–water partition coefficient (Wildman–Crippen LogP) is 2.34. The lowest BCUT2D eigenvalue weighted by Gasteiger charge is -2.09. The Bertz CT molecular complexity index is 971. The van der Waals surface area contributed by atoms with Gasteiger partial charge in [0.2, 0.25) is 0 Å². The molecule has 11 heteroatoms. The van der Waals surface area contributed by atoms with E-state index in [1.807, 2.05) is 0 Å². The predicted molar refractivity (Wildman–Crippen MR) is 108 cm³/mol. The van der Waals surface area contributed by atoms with Crippen molar-refractivity contribution in [1.29, 1.82) is 0 Å². The Kier molecular flexibility index (Phi) is 7.33. The lowest BCUT2D eigenvalue weighted by Crippen LogP contribution is -2.22. The first kappa shape index (κ1) is 23.1. The summed E-state index contributed by atoms with van der Waals surface area (Å²) in [7, 11) is 3.16. The molecule has 0 aliphatic carbocycles. The van der Waals surface area contributed by atoms with Crippen molar-refractivity contribution in [3.8, 4) is 0 Å². The summed E-state index contributed by atoms with van der Waals surface area (Å²) in [6.07, 6.45) is 0. The van der Waals surface area contributed by atoms with Crippen molar-refractivity contribution in [3.05, 3.63) is 33.0 Å². The van der Waals surface area contributed by atoms with Gasteiger partial charge in [-0.1, -0.05) is 5.16 Å². The molecule has 10 nitrogen and oxygen atoms in total. The molecule has 2 amide bonds. The van der Waals surface area contributed by atoms with Gasteiger partial charge in [-0.15, -0.1) is 11.3 Å². The van der Waals surface area contributed by atoms with Gasteiger partial charge in [0.1, 0.15) is 16.3 Å². The molecule has 0 bridgehead atoms. The van der Waals surface area contributed by atoms with E-state index in [1.54, 1.807) is 41.8 Å². The molecule has 0 radical (unpaired) electrons. The Hall–Kier alpha value is -3.21. The number of amides is 2. The molecular formula is C19H23N3O7S. The van der Waals surface area contributed by atoms with E-state index >= 15 is 0 Å². The normalized spacial score (nSPS) is 10.5. The van der Waals surface area contributed by atoms with Gasteiger partial charge in [0, 0.05) is 14.1 Å². The number of anilines is 1. The zero-order valence-corrected chi connectivity index (χ0v) is 18.4. The number of carbonyl (C=O) groups is 4. The van der Waals surface area contributed by atoms with Crippen molar-refractivity contribution in [2.45, 2.75) is 27.7 Å². The number of hydrogen-bond donors (Lipinski definition) is 1. The molecule has 0 fully saturated rings. The fourth-order valence-corrected chi connectivity index (χ4v) is 3.83. The maximum atomic E-state index is 12.4. The Morgan fingerprint density at radius 1 is 1.07 bits per heavy atom. The fourth-order valence-electron chi connectivity index (χ4n) is 2.60. The van der Waals surface area contributed by atoms with Crippen LogP contribution >= 0.6 is 11.3 Å². The number of nitrogens with zero attached hydrogens (tertiary/aromatic N) is 2. The van der Waals surface area contributed by atoms with Gasteiger partial charge in [-0.25, -0.2) is 9.59 Å². The maximum absolute atomic E-state index is 12.4. The van der Waals surface area contributed by atoms with E-state index in [9.17, 15) is 19.2 Å². The van der Waals surface area contributed by atoms with E-state index in [2.05, 4.69) is 10.5 Å². The molecule has 0 saturated carbocycles. The van der Waals surface area contributed by atoms with Crippen molar-refractivity contribution >= 4 is 40.1 Å². The van der Waals surface area contributed by atoms with Crippen LogP contribution in [0.15, 0.2) is 4.52 Å². The third-order valence-electron chi connectivity index (χ3n) is 4.05. The molecule has 0 spiro atoms. The lowest BCUT2D eigenvalue weighted by molar-refractivity contribution is -0.119. The average Bonchev–Trinajstić information content (AvgIpc) is 3.18. The van der Waals surface area contributed by atoms with E-state index in [0.29, 0.717) is 16.1 Å². The summed E-state index contributed by atoms with van der Waals surface area (Å²) < 4.78 is 15.0. The molecule has 0 unspecified atom stereocenters. The lowest BCUT2D eigenvalue weighted by atomic mass is 10.1. The summed E-state index contributed by atoms with van der Waals surface area (Å²) in [6.45, 7) is 5.92. The Balaban J connectivity index is 2.20. The van der Waals surface area contributed by atoms with Crippen molar-refractivity contribution < 1.29 is 33.2 Å². The van der Waals surface area contributed by atoms with E-state index in [-0.39, 0.29) is 34.4 Å². The fraction of sp³-hybridized carbons (Fsp3) is 0.421. The number of aromatic nitrogens is 1. The molecule has 0 saturated heterocycles. The summed E-state index contributed by atoms with van der Waals surface area (Å²) in [5, 5.41) is 6.34. The van der Waals surface area contributed by atoms with Gasteiger partial charge in [0.15, 0.2) is 6.61 Å². The first-order valence-corrected chi connectivity index (χ1v) is 9.82. The van der Waals surface area contributed by atoms with E-state index in [0.717, 1.165) is 11.3 Å². The molecule has 0 aliphatic heterocycles. The minimum absolute atomic E-state index is 0.0949. The van der Waals surface area contributed by atoms with E-state index in [4.69, 9.17) is 14.0 Å². The highest BCUT2D eigenvalue weighted by Crippen LogP contribution is 2.34.